The van der Waals surface area contributed by atoms with E-state index in [0.29, 0.717) is 11.4 Å². The molecule has 0 atom stereocenters. The quantitative estimate of drug-likeness (QED) is 0.542. The lowest BCUT2D eigenvalue weighted by Gasteiger charge is -2.03. The molecule has 1 aromatic carbocycles. The second-order valence-corrected chi connectivity index (χ2v) is 6.83. The summed E-state index contributed by atoms with van der Waals surface area (Å²) in [6.07, 6.45) is 0.416. The largest absolute Gasteiger partial charge is 0.339 e. The van der Waals surface area contributed by atoms with Crippen molar-refractivity contribution < 1.29 is 9.32 Å². The van der Waals surface area contributed by atoms with Gasteiger partial charge in [-0.1, -0.05) is 22.9 Å². The molecule has 8 nitrogen and oxygen atoms in total. The molecule has 8 heteroatoms. The summed E-state index contributed by atoms with van der Waals surface area (Å²) in [6, 6.07) is 12.9. The molecule has 29 heavy (non-hydrogen) atoms. The van der Waals surface area contributed by atoms with Crippen molar-refractivity contribution in [3.8, 4) is 11.4 Å². The number of aromatic amines is 1. The first-order chi connectivity index (χ1) is 14.0. The van der Waals surface area contributed by atoms with E-state index < -0.39 is 0 Å². The maximum absolute atomic E-state index is 12.4. The number of benzene rings is 1. The molecule has 1 amide bonds. The highest BCUT2D eigenvalue weighted by molar-refractivity contribution is 5.89. The van der Waals surface area contributed by atoms with Crippen molar-refractivity contribution in [1.82, 2.24) is 20.1 Å². The van der Waals surface area contributed by atoms with E-state index in [4.69, 9.17) is 4.52 Å². The molecule has 0 saturated heterocycles. The van der Waals surface area contributed by atoms with Crippen molar-refractivity contribution in [2.75, 3.05) is 5.32 Å². The van der Waals surface area contributed by atoms with Gasteiger partial charge in [0.15, 0.2) is 0 Å². The zero-order chi connectivity index (χ0) is 20.4. The molecule has 3 aromatic heterocycles. The van der Waals surface area contributed by atoms with Crippen molar-refractivity contribution in [2.24, 2.45) is 0 Å². The van der Waals surface area contributed by atoms with Crippen molar-refractivity contribution >= 4 is 22.6 Å². The van der Waals surface area contributed by atoms with Gasteiger partial charge in [-0.3, -0.25) is 9.59 Å². The Labute approximate surface area is 166 Å². The highest BCUT2D eigenvalue weighted by Crippen LogP contribution is 2.19. The van der Waals surface area contributed by atoms with Gasteiger partial charge in [0.1, 0.15) is 5.82 Å². The van der Waals surface area contributed by atoms with Crippen LogP contribution in [0, 0.1) is 13.8 Å². The summed E-state index contributed by atoms with van der Waals surface area (Å²) in [6.45, 7) is 3.83. The zero-order valence-corrected chi connectivity index (χ0v) is 16.0. The van der Waals surface area contributed by atoms with E-state index in [1.165, 1.54) is 0 Å². The van der Waals surface area contributed by atoms with Crippen LogP contribution in [0.1, 0.15) is 23.6 Å². The normalized spacial score (nSPS) is 11.0. The smallest absolute Gasteiger partial charge is 0.259 e. The van der Waals surface area contributed by atoms with E-state index in [1.54, 1.807) is 12.1 Å². The minimum atomic E-state index is -0.294. The summed E-state index contributed by atoms with van der Waals surface area (Å²) in [7, 11) is 0. The maximum Gasteiger partial charge on any atom is 0.259 e. The van der Waals surface area contributed by atoms with E-state index in [2.05, 4.69) is 25.4 Å². The molecule has 0 fully saturated rings. The van der Waals surface area contributed by atoms with Gasteiger partial charge in [-0.2, -0.15) is 4.98 Å². The third-order valence-electron chi connectivity index (χ3n) is 4.43. The van der Waals surface area contributed by atoms with Crippen LogP contribution in [0.15, 0.2) is 51.8 Å². The van der Waals surface area contributed by atoms with Crippen LogP contribution in [-0.2, 0) is 11.2 Å². The molecule has 146 valence electrons. The number of hydrogen-bond donors (Lipinski definition) is 2. The monoisotopic (exact) mass is 389 g/mol. The molecule has 0 spiro atoms. The lowest BCUT2D eigenvalue weighted by atomic mass is 10.1. The Kier molecular flexibility index (Phi) is 4.90. The Hall–Kier alpha value is -3.81. The molecule has 0 unspecified atom stereocenters. The summed E-state index contributed by atoms with van der Waals surface area (Å²) < 4.78 is 5.22. The topological polar surface area (TPSA) is 114 Å². The molecule has 3 heterocycles. The number of carbonyl (C=O) groups is 1. The average molecular weight is 389 g/mol. The first-order valence-electron chi connectivity index (χ1n) is 9.18. The third kappa shape index (κ3) is 4.21. The maximum atomic E-state index is 12.4. The summed E-state index contributed by atoms with van der Waals surface area (Å²) in [5, 5.41) is 7.52. The fraction of sp³-hybridized carbons (Fsp3) is 0.190. The second kappa shape index (κ2) is 7.67. The van der Waals surface area contributed by atoms with Crippen LogP contribution in [0.25, 0.3) is 22.3 Å². The minimum absolute atomic E-state index is 0.157. The van der Waals surface area contributed by atoms with Gasteiger partial charge in [0.25, 0.3) is 5.56 Å². The predicted molar refractivity (Wildman–Crippen MR) is 109 cm³/mol. The van der Waals surface area contributed by atoms with E-state index in [0.717, 1.165) is 22.2 Å². The summed E-state index contributed by atoms with van der Waals surface area (Å²) >= 11 is 0. The van der Waals surface area contributed by atoms with Crippen LogP contribution in [0.3, 0.4) is 0 Å². The SMILES string of the molecule is Cc1ccc2[nH]c(=O)c(-c3noc(CCC(=O)Nc4cccc(C)n4)n3)cc2c1. The van der Waals surface area contributed by atoms with Crippen LogP contribution < -0.4 is 10.9 Å². The fourth-order valence-corrected chi connectivity index (χ4v) is 3.00. The zero-order valence-electron chi connectivity index (χ0n) is 16.0. The molecule has 4 aromatic rings. The number of fused-ring (bicyclic) bond motifs is 1. The Morgan fingerprint density at radius 1 is 1.14 bits per heavy atom. The van der Waals surface area contributed by atoms with Crippen LogP contribution in [0.5, 0.6) is 0 Å². The van der Waals surface area contributed by atoms with Gasteiger partial charge in [0.2, 0.25) is 17.6 Å². The molecule has 0 aliphatic heterocycles. The summed E-state index contributed by atoms with van der Waals surface area (Å²) in [5.74, 6) is 0.780. The van der Waals surface area contributed by atoms with E-state index in [-0.39, 0.29) is 36.0 Å². The molecule has 0 radical (unpaired) electrons. The number of hydrogen-bond acceptors (Lipinski definition) is 6. The van der Waals surface area contributed by atoms with Gasteiger partial charge in [-0.15, -0.1) is 0 Å². The lowest BCUT2D eigenvalue weighted by Crippen LogP contribution is -2.13. The number of carbonyl (C=O) groups excluding carboxylic acids is 1. The van der Waals surface area contributed by atoms with Gasteiger partial charge in [0, 0.05) is 24.1 Å². The van der Waals surface area contributed by atoms with Crippen LogP contribution in [-0.4, -0.2) is 26.0 Å². The predicted octanol–water partition coefficient (Wildman–Crippen LogP) is 3.16. The first-order valence-corrected chi connectivity index (χ1v) is 9.18. The number of rotatable bonds is 5. The van der Waals surface area contributed by atoms with Gasteiger partial charge in [-0.05, 0) is 49.6 Å². The molecule has 0 aliphatic rings. The Bertz CT molecular complexity index is 1260. The summed E-state index contributed by atoms with van der Waals surface area (Å²) in [4.78, 5) is 35.8. The number of H-pyrrole nitrogens is 1. The second-order valence-electron chi connectivity index (χ2n) is 6.83. The molecular weight excluding hydrogens is 370 g/mol. The Morgan fingerprint density at radius 2 is 2.00 bits per heavy atom. The molecule has 0 saturated carbocycles. The molecule has 0 aliphatic carbocycles. The van der Waals surface area contributed by atoms with E-state index in [1.807, 2.05) is 44.2 Å². The highest BCUT2D eigenvalue weighted by Gasteiger charge is 2.14. The van der Waals surface area contributed by atoms with Crippen molar-refractivity contribution in [2.45, 2.75) is 26.7 Å². The number of pyridine rings is 2. The number of aryl methyl sites for hydroxylation is 3. The van der Waals surface area contributed by atoms with Crippen molar-refractivity contribution in [1.29, 1.82) is 0 Å². The average Bonchev–Trinajstić information content (AvgIpc) is 3.15. The standard InChI is InChI=1S/C21H19N5O3/c1-12-6-7-16-14(10-12)11-15(21(28)23-16)20-25-19(29-26-20)9-8-18(27)24-17-5-3-4-13(2)22-17/h3-7,10-11H,8-9H2,1-2H3,(H,23,28)(H,22,24,27). The highest BCUT2D eigenvalue weighted by atomic mass is 16.5. The van der Waals surface area contributed by atoms with Crippen LogP contribution in [0.4, 0.5) is 5.82 Å². The third-order valence-corrected chi connectivity index (χ3v) is 4.43. The van der Waals surface area contributed by atoms with Crippen molar-refractivity contribution in [3.05, 3.63) is 70.0 Å². The van der Waals surface area contributed by atoms with Crippen LogP contribution in [0.2, 0.25) is 0 Å². The molecule has 0 bridgehead atoms. The number of nitrogens with one attached hydrogen (secondary N) is 2. The Balaban J connectivity index is 1.47. The van der Waals surface area contributed by atoms with Gasteiger partial charge >= 0.3 is 0 Å². The molecule has 4 rings (SSSR count). The Morgan fingerprint density at radius 3 is 2.83 bits per heavy atom. The number of nitrogens with zero attached hydrogens (tertiary/aromatic N) is 3. The summed E-state index contributed by atoms with van der Waals surface area (Å²) in [5.41, 5.74) is 2.68. The van der Waals surface area contributed by atoms with Gasteiger partial charge < -0.3 is 14.8 Å². The first kappa shape index (κ1) is 18.5. The van der Waals surface area contributed by atoms with E-state index in [9.17, 15) is 9.59 Å². The number of aromatic nitrogens is 4. The number of anilines is 1. The van der Waals surface area contributed by atoms with Gasteiger partial charge in [-0.25, -0.2) is 4.98 Å². The van der Waals surface area contributed by atoms with Crippen molar-refractivity contribution in [3.63, 3.8) is 0 Å². The molecular formula is C21H19N5O3. The van der Waals surface area contributed by atoms with E-state index >= 15 is 0 Å². The minimum Gasteiger partial charge on any atom is -0.339 e. The van der Waals surface area contributed by atoms with Crippen LogP contribution >= 0.6 is 0 Å². The molecule has 2 N–H and O–H groups in total. The number of amides is 1. The van der Waals surface area contributed by atoms with Gasteiger partial charge in [0.05, 0.1) is 5.56 Å². The fourth-order valence-electron chi connectivity index (χ4n) is 3.00. The lowest BCUT2D eigenvalue weighted by molar-refractivity contribution is -0.116.